The third-order valence-corrected chi connectivity index (χ3v) is 4.48. The molecule has 0 spiro atoms. The highest BCUT2D eigenvalue weighted by molar-refractivity contribution is 7.92. The molecule has 0 aliphatic rings. The van der Waals surface area contributed by atoms with Gasteiger partial charge in [0.15, 0.2) is 0 Å². The normalized spacial score (nSPS) is 11.2. The zero-order chi connectivity index (χ0) is 15.6. The van der Waals surface area contributed by atoms with Crippen molar-refractivity contribution in [3.63, 3.8) is 0 Å². The number of sulfonamides is 1. The van der Waals surface area contributed by atoms with Crippen molar-refractivity contribution in [2.45, 2.75) is 4.90 Å². The Kier molecular flexibility index (Phi) is 4.55. The quantitative estimate of drug-likeness (QED) is 0.887. The van der Waals surface area contributed by atoms with E-state index in [0.29, 0.717) is 5.82 Å². The van der Waals surface area contributed by atoms with E-state index >= 15 is 0 Å². The van der Waals surface area contributed by atoms with Gasteiger partial charge in [-0.3, -0.25) is 4.72 Å². The van der Waals surface area contributed by atoms with Crippen LogP contribution in [0.5, 0.6) is 0 Å². The lowest BCUT2D eigenvalue weighted by atomic mass is 10.3. The first-order valence-electron chi connectivity index (χ1n) is 5.64. The van der Waals surface area contributed by atoms with Crippen LogP contribution in [0.4, 0.5) is 15.9 Å². The smallest absolute Gasteiger partial charge is 0.263 e. The molecule has 2 aromatic rings. The van der Waals surface area contributed by atoms with E-state index < -0.39 is 15.8 Å². The first-order chi connectivity index (χ1) is 9.83. The van der Waals surface area contributed by atoms with Crippen LogP contribution in [-0.2, 0) is 10.0 Å². The van der Waals surface area contributed by atoms with Crippen LogP contribution in [0.1, 0.15) is 0 Å². The van der Waals surface area contributed by atoms with Crippen molar-refractivity contribution in [3.8, 4) is 0 Å². The van der Waals surface area contributed by atoms with Crippen LogP contribution < -0.4 is 10.0 Å². The number of pyridine rings is 1. The summed E-state index contributed by atoms with van der Waals surface area (Å²) in [5, 5.41) is 2.50. The maximum atomic E-state index is 13.1. The summed E-state index contributed by atoms with van der Waals surface area (Å²) in [6.07, 6.45) is 1.18. The summed E-state index contributed by atoms with van der Waals surface area (Å²) in [5.74, 6) is -0.139. The van der Waals surface area contributed by atoms with Crippen LogP contribution >= 0.6 is 23.2 Å². The van der Waals surface area contributed by atoms with E-state index in [2.05, 4.69) is 15.0 Å². The molecular weight excluding hydrogens is 340 g/mol. The zero-order valence-electron chi connectivity index (χ0n) is 10.7. The van der Waals surface area contributed by atoms with Crippen LogP contribution in [0.25, 0.3) is 0 Å². The molecule has 21 heavy (non-hydrogen) atoms. The van der Waals surface area contributed by atoms with Gasteiger partial charge in [0.1, 0.15) is 16.5 Å². The summed E-state index contributed by atoms with van der Waals surface area (Å²) in [4.78, 5) is 3.84. The average molecular weight is 350 g/mol. The molecule has 0 bridgehead atoms. The van der Waals surface area contributed by atoms with Gasteiger partial charge in [-0.05, 0) is 24.3 Å². The molecule has 112 valence electrons. The standard InChI is InChI=1S/C12H10Cl2FN3O2S/c1-16-11-3-2-8(6-17-11)21(19,20)18-12-9(13)4-7(15)5-10(12)14/h2-6,18H,1H3,(H,16,17). The van der Waals surface area contributed by atoms with Gasteiger partial charge in [-0.15, -0.1) is 0 Å². The predicted molar refractivity (Wildman–Crippen MR) is 81.0 cm³/mol. The monoisotopic (exact) mass is 349 g/mol. The third kappa shape index (κ3) is 3.55. The van der Waals surface area contributed by atoms with E-state index in [1.807, 2.05) is 0 Å². The van der Waals surface area contributed by atoms with Gasteiger partial charge in [0.05, 0.1) is 15.7 Å². The van der Waals surface area contributed by atoms with E-state index in [4.69, 9.17) is 23.2 Å². The van der Waals surface area contributed by atoms with E-state index in [0.717, 1.165) is 12.1 Å². The maximum Gasteiger partial charge on any atom is 0.263 e. The minimum Gasteiger partial charge on any atom is -0.373 e. The molecule has 0 fully saturated rings. The second-order valence-corrected chi connectivity index (χ2v) is 6.48. The van der Waals surface area contributed by atoms with Gasteiger partial charge in [0.2, 0.25) is 0 Å². The molecule has 0 radical (unpaired) electrons. The fourth-order valence-electron chi connectivity index (χ4n) is 1.52. The van der Waals surface area contributed by atoms with Crippen LogP contribution in [0.3, 0.4) is 0 Å². The summed E-state index contributed by atoms with van der Waals surface area (Å²) in [5.41, 5.74) is -0.0857. The lowest BCUT2D eigenvalue weighted by Crippen LogP contribution is -2.14. The number of halogens is 3. The Hall–Kier alpha value is -1.57. The van der Waals surface area contributed by atoms with Crippen molar-refractivity contribution in [1.82, 2.24) is 4.98 Å². The molecule has 0 aliphatic carbocycles. The average Bonchev–Trinajstić information content (AvgIpc) is 2.43. The molecule has 2 N–H and O–H groups in total. The van der Waals surface area contributed by atoms with Gasteiger partial charge in [-0.25, -0.2) is 17.8 Å². The number of anilines is 2. The zero-order valence-corrected chi connectivity index (χ0v) is 13.0. The minimum atomic E-state index is -3.93. The topological polar surface area (TPSA) is 71.1 Å². The number of benzene rings is 1. The molecule has 1 aromatic heterocycles. The summed E-state index contributed by atoms with van der Waals surface area (Å²) in [7, 11) is -2.27. The van der Waals surface area contributed by atoms with E-state index in [1.165, 1.54) is 18.3 Å². The van der Waals surface area contributed by atoms with Crippen LogP contribution in [0.15, 0.2) is 35.4 Å². The molecule has 5 nitrogen and oxygen atoms in total. The highest BCUT2D eigenvalue weighted by Crippen LogP contribution is 2.33. The fourth-order valence-corrected chi connectivity index (χ4v) is 3.23. The molecule has 0 atom stereocenters. The number of aromatic nitrogens is 1. The molecule has 9 heteroatoms. The Bertz CT molecular complexity index is 744. The van der Waals surface area contributed by atoms with Crippen molar-refractivity contribution in [2.24, 2.45) is 0 Å². The number of nitrogens with one attached hydrogen (secondary N) is 2. The van der Waals surface area contributed by atoms with Crippen molar-refractivity contribution in [1.29, 1.82) is 0 Å². The van der Waals surface area contributed by atoms with Gasteiger partial charge in [-0.2, -0.15) is 0 Å². The number of nitrogens with zero attached hydrogens (tertiary/aromatic N) is 1. The van der Waals surface area contributed by atoms with Gasteiger partial charge >= 0.3 is 0 Å². The van der Waals surface area contributed by atoms with Crippen molar-refractivity contribution >= 4 is 44.7 Å². The van der Waals surface area contributed by atoms with Crippen molar-refractivity contribution < 1.29 is 12.8 Å². The Morgan fingerprint density at radius 2 is 1.81 bits per heavy atom. The minimum absolute atomic E-state index is 0.0713. The SMILES string of the molecule is CNc1ccc(S(=O)(=O)Nc2c(Cl)cc(F)cc2Cl)cn1. The van der Waals surface area contributed by atoms with Crippen LogP contribution in [0, 0.1) is 5.82 Å². The van der Waals surface area contributed by atoms with E-state index in [1.54, 1.807) is 7.05 Å². The lowest BCUT2D eigenvalue weighted by molar-refractivity contribution is 0.600. The molecule has 0 amide bonds. The molecule has 1 aromatic carbocycles. The molecule has 1 heterocycles. The Balaban J connectivity index is 2.37. The second-order valence-electron chi connectivity index (χ2n) is 3.98. The predicted octanol–water partition coefficient (Wildman–Crippen LogP) is 3.37. The van der Waals surface area contributed by atoms with E-state index in [9.17, 15) is 12.8 Å². The second kappa shape index (κ2) is 6.05. The number of rotatable bonds is 4. The van der Waals surface area contributed by atoms with Gasteiger partial charge in [-0.1, -0.05) is 23.2 Å². The molecule has 2 rings (SSSR count). The summed E-state index contributed by atoms with van der Waals surface area (Å²) >= 11 is 11.6. The highest BCUT2D eigenvalue weighted by atomic mass is 35.5. The Labute approximate surface area is 131 Å². The first-order valence-corrected chi connectivity index (χ1v) is 7.88. The Morgan fingerprint density at radius 3 is 2.29 bits per heavy atom. The molecule has 0 saturated carbocycles. The molecule has 0 aliphatic heterocycles. The highest BCUT2D eigenvalue weighted by Gasteiger charge is 2.19. The first kappa shape index (κ1) is 15.8. The van der Waals surface area contributed by atoms with Gasteiger partial charge < -0.3 is 5.32 Å². The maximum absolute atomic E-state index is 13.1. The van der Waals surface area contributed by atoms with Crippen molar-refractivity contribution in [3.05, 3.63) is 46.3 Å². The summed E-state index contributed by atoms with van der Waals surface area (Å²) < 4.78 is 39.7. The van der Waals surface area contributed by atoms with E-state index in [-0.39, 0.29) is 20.6 Å². The number of hydrogen-bond donors (Lipinski definition) is 2. The summed E-state index contributed by atoms with van der Waals surface area (Å²) in [6.45, 7) is 0. The molecule has 0 saturated heterocycles. The van der Waals surface area contributed by atoms with Crippen LogP contribution in [0.2, 0.25) is 10.0 Å². The number of hydrogen-bond acceptors (Lipinski definition) is 4. The van der Waals surface area contributed by atoms with Crippen molar-refractivity contribution in [2.75, 3.05) is 17.1 Å². The summed E-state index contributed by atoms with van der Waals surface area (Å²) in [6, 6.07) is 4.80. The van der Waals surface area contributed by atoms with Gasteiger partial charge in [0.25, 0.3) is 10.0 Å². The molecule has 0 unspecified atom stereocenters. The molecular formula is C12H10Cl2FN3O2S. The Morgan fingerprint density at radius 1 is 1.19 bits per heavy atom. The lowest BCUT2D eigenvalue weighted by Gasteiger charge is -2.11. The largest absolute Gasteiger partial charge is 0.373 e. The fraction of sp³-hybridized carbons (Fsp3) is 0.0833. The third-order valence-electron chi connectivity index (χ3n) is 2.55. The van der Waals surface area contributed by atoms with Crippen LogP contribution in [-0.4, -0.2) is 20.4 Å². The van der Waals surface area contributed by atoms with Gasteiger partial charge in [0, 0.05) is 13.2 Å².